The van der Waals surface area contributed by atoms with Gasteiger partial charge in [-0.1, -0.05) is 25.1 Å². The van der Waals surface area contributed by atoms with Crippen molar-refractivity contribution in [2.75, 3.05) is 7.05 Å². The van der Waals surface area contributed by atoms with E-state index in [0.717, 1.165) is 12.0 Å². The van der Waals surface area contributed by atoms with Crippen LogP contribution in [0.3, 0.4) is 0 Å². The minimum Gasteiger partial charge on any atom is -0.313 e. The molecule has 0 aliphatic heterocycles. The number of hydrogen-bond donors (Lipinski definition) is 1. The third-order valence-electron chi connectivity index (χ3n) is 3.38. The van der Waals surface area contributed by atoms with E-state index in [-0.39, 0.29) is 16.1 Å². The summed E-state index contributed by atoms with van der Waals surface area (Å²) in [6, 6.07) is 10.2. The van der Waals surface area contributed by atoms with Crippen molar-refractivity contribution in [2.45, 2.75) is 19.4 Å². The van der Waals surface area contributed by atoms with E-state index >= 15 is 0 Å². The van der Waals surface area contributed by atoms with Gasteiger partial charge in [-0.05, 0) is 58.7 Å². The lowest BCUT2D eigenvalue weighted by Crippen LogP contribution is -2.15. The second-order valence-corrected chi connectivity index (χ2v) is 5.45. The molecule has 2 aromatic carbocycles. The first-order valence-electron chi connectivity index (χ1n) is 6.49. The molecule has 0 aliphatic carbocycles. The van der Waals surface area contributed by atoms with Crippen LogP contribution in [-0.2, 0) is 0 Å². The third kappa shape index (κ3) is 2.91. The van der Waals surface area contributed by atoms with Gasteiger partial charge in [0.05, 0.1) is 10.0 Å². The van der Waals surface area contributed by atoms with Gasteiger partial charge in [0.1, 0.15) is 11.6 Å². The zero-order valence-corrected chi connectivity index (χ0v) is 13.0. The van der Waals surface area contributed by atoms with Gasteiger partial charge in [-0.15, -0.1) is 0 Å². The summed E-state index contributed by atoms with van der Waals surface area (Å²) in [5.41, 5.74) is 1.57. The maximum atomic E-state index is 14.1. The summed E-state index contributed by atoms with van der Waals surface area (Å²) < 4.78 is 28.3. The fraction of sp³-hybridized carbons (Fsp3) is 0.250. The van der Waals surface area contributed by atoms with E-state index in [1.165, 1.54) is 12.1 Å². The van der Waals surface area contributed by atoms with Gasteiger partial charge in [0.2, 0.25) is 0 Å². The first kappa shape index (κ1) is 15.1. The van der Waals surface area contributed by atoms with Gasteiger partial charge < -0.3 is 5.32 Å². The molecule has 0 saturated carbocycles. The van der Waals surface area contributed by atoms with Gasteiger partial charge in [-0.3, -0.25) is 0 Å². The molecule has 20 heavy (non-hydrogen) atoms. The zero-order valence-electron chi connectivity index (χ0n) is 11.4. The quantitative estimate of drug-likeness (QED) is 0.767. The Bertz CT molecular complexity index is 609. The van der Waals surface area contributed by atoms with Crippen molar-refractivity contribution < 1.29 is 8.78 Å². The zero-order chi connectivity index (χ0) is 14.7. The van der Waals surface area contributed by atoms with Crippen molar-refractivity contribution >= 4 is 15.9 Å². The molecule has 0 fully saturated rings. The molecule has 0 saturated heterocycles. The van der Waals surface area contributed by atoms with Crippen LogP contribution in [0.1, 0.15) is 24.9 Å². The largest absolute Gasteiger partial charge is 0.313 e. The minimum atomic E-state index is -0.570. The van der Waals surface area contributed by atoms with Crippen LogP contribution in [0.4, 0.5) is 8.78 Å². The topological polar surface area (TPSA) is 12.0 Å². The molecule has 1 nitrogen and oxygen atoms in total. The van der Waals surface area contributed by atoms with E-state index in [0.29, 0.717) is 5.56 Å². The van der Waals surface area contributed by atoms with E-state index in [4.69, 9.17) is 0 Å². The molecule has 2 rings (SSSR count). The Morgan fingerprint density at radius 1 is 1.20 bits per heavy atom. The lowest BCUT2D eigenvalue weighted by molar-refractivity contribution is 0.575. The van der Waals surface area contributed by atoms with Crippen molar-refractivity contribution in [3.05, 3.63) is 58.1 Å². The van der Waals surface area contributed by atoms with Crippen molar-refractivity contribution in [1.29, 1.82) is 0 Å². The van der Waals surface area contributed by atoms with Crippen molar-refractivity contribution in [1.82, 2.24) is 5.32 Å². The predicted molar refractivity (Wildman–Crippen MR) is 81.6 cm³/mol. The van der Waals surface area contributed by atoms with Crippen LogP contribution < -0.4 is 5.32 Å². The van der Waals surface area contributed by atoms with Crippen LogP contribution in [0.25, 0.3) is 11.1 Å². The number of rotatable bonds is 4. The summed E-state index contributed by atoms with van der Waals surface area (Å²) in [4.78, 5) is 0. The Morgan fingerprint density at radius 2 is 1.95 bits per heavy atom. The van der Waals surface area contributed by atoms with Gasteiger partial charge in [-0.2, -0.15) is 0 Å². The Kier molecular flexibility index (Phi) is 4.89. The maximum Gasteiger partial charge on any atom is 0.148 e. The molecule has 4 heteroatoms. The second-order valence-electron chi connectivity index (χ2n) is 4.59. The highest BCUT2D eigenvalue weighted by Gasteiger charge is 2.15. The first-order valence-corrected chi connectivity index (χ1v) is 7.28. The Labute approximate surface area is 126 Å². The van der Waals surface area contributed by atoms with Crippen LogP contribution in [0.15, 0.2) is 40.9 Å². The lowest BCUT2D eigenvalue weighted by atomic mass is 9.98. The van der Waals surface area contributed by atoms with Crippen molar-refractivity contribution in [2.24, 2.45) is 0 Å². The van der Waals surface area contributed by atoms with Crippen molar-refractivity contribution in [3.8, 4) is 11.1 Å². The van der Waals surface area contributed by atoms with E-state index in [2.05, 4.69) is 28.2 Å². The minimum absolute atomic E-state index is 0.00665. The van der Waals surface area contributed by atoms with E-state index in [1.54, 1.807) is 6.07 Å². The maximum absolute atomic E-state index is 14.1. The van der Waals surface area contributed by atoms with Crippen LogP contribution in [0.2, 0.25) is 0 Å². The number of benzene rings is 2. The summed E-state index contributed by atoms with van der Waals surface area (Å²) in [6.45, 7) is 2.06. The molecule has 1 atom stereocenters. The molecular formula is C16H16BrF2N. The molecule has 106 valence electrons. The number of halogens is 3. The van der Waals surface area contributed by atoms with Gasteiger partial charge in [0.25, 0.3) is 0 Å². The molecule has 0 amide bonds. The van der Waals surface area contributed by atoms with Crippen LogP contribution >= 0.6 is 15.9 Å². The molecule has 1 N–H and O–H groups in total. The van der Waals surface area contributed by atoms with Crippen molar-refractivity contribution in [3.63, 3.8) is 0 Å². The summed E-state index contributed by atoms with van der Waals surface area (Å²) in [5.74, 6) is -1.12. The van der Waals surface area contributed by atoms with Gasteiger partial charge in [0.15, 0.2) is 0 Å². The normalized spacial score (nSPS) is 12.4. The Hall–Kier alpha value is -1.26. The summed E-state index contributed by atoms with van der Waals surface area (Å²) in [5, 5.41) is 3.19. The molecular weight excluding hydrogens is 324 g/mol. The van der Waals surface area contributed by atoms with Gasteiger partial charge in [-0.25, -0.2) is 8.78 Å². The molecule has 0 bridgehead atoms. The molecule has 0 heterocycles. The molecule has 0 spiro atoms. The number of nitrogens with one attached hydrogen (secondary N) is 1. The third-order valence-corrected chi connectivity index (χ3v) is 3.99. The fourth-order valence-corrected chi connectivity index (χ4v) is 2.64. The summed E-state index contributed by atoms with van der Waals surface area (Å²) in [7, 11) is 1.88. The molecule has 1 unspecified atom stereocenters. The monoisotopic (exact) mass is 339 g/mol. The fourth-order valence-electron chi connectivity index (χ4n) is 2.31. The molecule has 2 aromatic rings. The Balaban J connectivity index is 2.54. The standard InChI is InChI=1S/C16H16BrF2N/c1-3-14(20-2)10-5-4-6-11(9-10)15-13(18)8-7-12(17)16(15)19/h4-9,14,20H,3H2,1-2H3. The average molecular weight is 340 g/mol. The molecule has 0 radical (unpaired) electrons. The second kappa shape index (κ2) is 6.46. The SMILES string of the molecule is CCC(NC)c1cccc(-c2c(F)ccc(Br)c2F)c1. The van der Waals surface area contributed by atoms with E-state index in [1.807, 2.05) is 25.2 Å². The average Bonchev–Trinajstić information content (AvgIpc) is 2.45. The summed E-state index contributed by atoms with van der Waals surface area (Å²) in [6.07, 6.45) is 0.906. The molecule has 0 aromatic heterocycles. The predicted octanol–water partition coefficient (Wildman–Crippen LogP) is 5.06. The highest BCUT2D eigenvalue weighted by atomic mass is 79.9. The van der Waals surface area contributed by atoms with Crippen LogP contribution in [0.5, 0.6) is 0 Å². The van der Waals surface area contributed by atoms with Gasteiger partial charge in [0, 0.05) is 6.04 Å². The van der Waals surface area contributed by atoms with Crippen LogP contribution in [-0.4, -0.2) is 7.05 Å². The first-order chi connectivity index (χ1) is 9.58. The number of hydrogen-bond acceptors (Lipinski definition) is 1. The highest BCUT2D eigenvalue weighted by molar-refractivity contribution is 9.10. The lowest BCUT2D eigenvalue weighted by Gasteiger charge is -2.16. The Morgan fingerprint density at radius 3 is 2.60 bits per heavy atom. The highest BCUT2D eigenvalue weighted by Crippen LogP contribution is 2.32. The summed E-state index contributed by atoms with van der Waals surface area (Å²) >= 11 is 3.10. The molecule has 0 aliphatic rings. The van der Waals surface area contributed by atoms with E-state index < -0.39 is 11.6 Å². The van der Waals surface area contributed by atoms with E-state index in [9.17, 15) is 8.78 Å². The smallest absolute Gasteiger partial charge is 0.148 e. The van der Waals surface area contributed by atoms with Gasteiger partial charge >= 0.3 is 0 Å². The van der Waals surface area contributed by atoms with Crippen LogP contribution in [0, 0.1) is 11.6 Å².